The third kappa shape index (κ3) is 34.2. The van der Waals surface area contributed by atoms with E-state index in [1.54, 1.807) is 28.4 Å². The van der Waals surface area contributed by atoms with Crippen molar-refractivity contribution < 1.29 is 62.7 Å². The second-order valence-corrected chi connectivity index (χ2v) is 47.3. The molecule has 7 fully saturated rings. The van der Waals surface area contributed by atoms with Gasteiger partial charge in [-0.3, -0.25) is 33.6 Å². The second kappa shape index (κ2) is 52.6. The molecule has 7 amide bonds. The van der Waals surface area contributed by atoms with Gasteiger partial charge in [0.2, 0.25) is 41.4 Å². The lowest BCUT2D eigenvalue weighted by Gasteiger charge is -2.39. The van der Waals surface area contributed by atoms with Gasteiger partial charge in [-0.15, -0.1) is 0 Å². The average Bonchev–Trinajstić information content (AvgIpc) is 0.789. The second-order valence-electron chi connectivity index (χ2n) is 46.8. The molecule has 7 saturated heterocycles. The maximum absolute atomic E-state index is 12.4. The predicted molar refractivity (Wildman–Crippen MR) is 599 cm³/mol. The summed E-state index contributed by atoms with van der Waals surface area (Å²) in [6.45, 7) is 78.6. The van der Waals surface area contributed by atoms with Gasteiger partial charge in [-0.25, -0.2) is 0 Å². The maximum Gasteiger partial charge on any atom is 0.228 e. The summed E-state index contributed by atoms with van der Waals surface area (Å²) in [5.41, 5.74) is 15.9. The van der Waals surface area contributed by atoms with Crippen LogP contribution >= 0.6 is 11.6 Å². The van der Waals surface area contributed by atoms with Gasteiger partial charge in [-0.05, 0) is 119 Å². The van der Waals surface area contributed by atoms with Crippen molar-refractivity contribution in [3.05, 3.63) is 182 Å². The molecule has 0 unspecified atom stereocenters. The number of carbonyl (C=O) groups is 7. The number of aryl methyl sites for hydroxylation is 6. The lowest BCUT2D eigenvalue weighted by atomic mass is 9.94. The zero-order valence-corrected chi connectivity index (χ0v) is 95.6. The number of anilines is 7. The molecule has 14 rings (SSSR count). The van der Waals surface area contributed by atoms with E-state index < -0.39 is 0 Å². The number of carbonyl (C=O) groups excluding carboxylic acids is 7. The van der Waals surface area contributed by atoms with E-state index >= 15 is 0 Å². The number of hydrogen-bond donors (Lipinski definition) is 2. The summed E-state index contributed by atoms with van der Waals surface area (Å²) in [7, 11) is 6.74. The molecule has 7 aromatic carbocycles. The van der Waals surface area contributed by atoms with E-state index in [0.717, 1.165) is 273 Å². The molecule has 2 N–H and O–H groups in total. The van der Waals surface area contributed by atoms with Crippen molar-refractivity contribution >= 4 is 92.8 Å². The number of ether oxygens (including phenoxy) is 4. The highest BCUT2D eigenvalue weighted by molar-refractivity contribution is 6.31. The van der Waals surface area contributed by atoms with Gasteiger partial charge in [0.1, 0.15) is 23.0 Å². The summed E-state index contributed by atoms with van der Waals surface area (Å²) < 4.78 is 21.6. The summed E-state index contributed by atoms with van der Waals surface area (Å²) in [5.74, 6) is 5.08. The van der Waals surface area contributed by atoms with E-state index in [2.05, 4.69) is 133 Å². The minimum atomic E-state index is -0.321. The van der Waals surface area contributed by atoms with Crippen LogP contribution in [0.4, 0.5) is 39.8 Å². The first-order valence-corrected chi connectivity index (χ1v) is 52.7. The molecule has 0 aliphatic carbocycles. The standard InChI is InChI=1S/C18H28N2O3.4C17H26N2O2.C16H23ClN2O.C16H24N2O/c1-13-15(22-5)11-14(12-16(13)23-6)19-7-9-20(10-8-19)17(21)18(2,3)4;1-13-10-14(12-15(11-13)21-5)18-6-8-19(9-7-18)16(20)17(2,3)4;1-13-6-7-14(12-15(13)21-5)18-8-10-19(11-9-18)16(20)17(2,3)4;2*1-13-5-6-15(14(11-13)12-20)18-7-9-19(10-8-18)16(21)17(2,3)4;1-12-5-6-13(11-14(12)17)18-7-9-19(10-8-18)15(20)16(2,3)4;1-13-7-5-6-8-14(13)17-9-11-18(12-10-17)15(19)16(2,3)4/h11-12H,7-10H2,1-6H3;10-12H,6-9H2,1-5H3;6-7,12H,8-11H2,1-5H3;2*5-6,11,20H,7-10,12H2,1-4H3;5-6,11H,7-10H2,1-4H3;5-8H,9-12H2,1-4H3. The van der Waals surface area contributed by atoms with Crippen LogP contribution in [0.1, 0.15) is 195 Å². The van der Waals surface area contributed by atoms with E-state index in [1.165, 1.54) is 28.2 Å². The van der Waals surface area contributed by atoms with Crippen molar-refractivity contribution in [1.29, 1.82) is 0 Å². The lowest BCUT2D eigenvalue weighted by Crippen LogP contribution is -2.51. The Labute approximate surface area is 881 Å². The molecule has 7 aromatic rings. The molecule has 0 aromatic heterocycles. The number of aliphatic hydroxyl groups is 2. The summed E-state index contributed by atoms with van der Waals surface area (Å²) in [6.07, 6.45) is 0. The molecule has 0 saturated carbocycles. The van der Waals surface area contributed by atoms with Crippen molar-refractivity contribution in [2.45, 2.75) is 207 Å². The minimum absolute atomic E-state index is 0.0537. The minimum Gasteiger partial charge on any atom is -0.497 e. The maximum atomic E-state index is 12.4. The lowest BCUT2D eigenvalue weighted by molar-refractivity contribution is -0.140. The number of amides is 7. The number of rotatable bonds is 13. The Morgan fingerprint density at radius 2 is 0.514 bits per heavy atom. The van der Waals surface area contributed by atoms with Gasteiger partial charge < -0.3 is 97.8 Å². The van der Waals surface area contributed by atoms with Gasteiger partial charge in [0.05, 0.1) is 41.7 Å². The van der Waals surface area contributed by atoms with E-state index in [9.17, 15) is 43.8 Å². The number of nitrogens with zero attached hydrogens (tertiary/aromatic N) is 14. The number of piperazine rings is 7. The Hall–Kier alpha value is -11.2. The number of hydrogen-bond acceptors (Lipinski definition) is 20. The van der Waals surface area contributed by atoms with Gasteiger partial charge in [0.25, 0.3) is 0 Å². The fourth-order valence-electron chi connectivity index (χ4n) is 18.7. The summed E-state index contributed by atoms with van der Waals surface area (Å²) in [4.78, 5) is 116. The SMILES string of the molecule is COc1cc(C)cc(N2CCN(C(=O)C(C)(C)C)CC2)c1.COc1cc(N2CCN(C(=O)C(C)(C)C)CC2)cc(OC)c1C.COc1cc(N2CCN(C(=O)C(C)(C)C)CC2)ccc1C.Cc1ccc(N2CCN(C(=O)C(C)(C)C)CC2)c(CO)c1.Cc1ccc(N2CCN(C(=O)C(C)(C)C)CC2)c(CO)c1.Cc1ccc(N2CCN(C(=O)C(C)(C)C)CC2)cc1Cl.Cc1ccccc1N1CCN(C(=O)C(C)(C)C)CC1. The summed E-state index contributed by atoms with van der Waals surface area (Å²) >= 11 is 6.18. The first-order valence-electron chi connectivity index (χ1n) is 52.3. The van der Waals surface area contributed by atoms with Crippen molar-refractivity contribution in [3.8, 4) is 23.0 Å². The fraction of sp³-hybridized carbons (Fsp3) is 0.585. The van der Waals surface area contributed by atoms with E-state index in [0.29, 0.717) is 0 Å². The molecule has 0 atom stereocenters. The number of methoxy groups -OCH3 is 4. The molecule has 28 heteroatoms. The highest BCUT2D eigenvalue weighted by Gasteiger charge is 2.38. The molecule has 7 aliphatic rings. The number of para-hydroxylation sites is 1. The summed E-state index contributed by atoms with van der Waals surface area (Å²) in [5, 5.41) is 19.9. The first kappa shape index (κ1) is 120. The zero-order chi connectivity index (χ0) is 109. The zero-order valence-electron chi connectivity index (χ0n) is 94.9. The van der Waals surface area contributed by atoms with Crippen LogP contribution in [0, 0.1) is 86.4 Å². The van der Waals surface area contributed by atoms with Crippen LogP contribution in [0.2, 0.25) is 5.02 Å². The molecule has 0 radical (unpaired) electrons. The Balaban J connectivity index is 0.000000208. The number of benzene rings is 7. The number of aliphatic hydroxyl groups excluding tert-OH is 2. The van der Waals surface area contributed by atoms with Crippen LogP contribution < -0.4 is 53.2 Å². The largest absolute Gasteiger partial charge is 0.497 e. The van der Waals surface area contributed by atoms with Gasteiger partial charge >= 0.3 is 0 Å². The monoisotopic (exact) mass is 2040 g/mol. The molecule has 0 bridgehead atoms. The van der Waals surface area contributed by atoms with Crippen molar-refractivity contribution in [2.75, 3.05) is 246 Å². The van der Waals surface area contributed by atoms with Crippen LogP contribution in [0.3, 0.4) is 0 Å². The normalized spacial score (nSPS) is 16.2. The molecule has 146 heavy (non-hydrogen) atoms. The Kier molecular flexibility index (Phi) is 43.3. The fourth-order valence-corrected chi connectivity index (χ4v) is 18.9. The van der Waals surface area contributed by atoms with Crippen LogP contribution in [-0.4, -0.2) is 298 Å². The van der Waals surface area contributed by atoms with E-state index in [-0.39, 0.29) is 92.5 Å². The van der Waals surface area contributed by atoms with E-state index in [1.807, 2.05) is 257 Å². The number of halogens is 1. The van der Waals surface area contributed by atoms with Crippen molar-refractivity contribution in [1.82, 2.24) is 34.3 Å². The van der Waals surface area contributed by atoms with Crippen LogP contribution in [-0.2, 0) is 46.8 Å². The van der Waals surface area contributed by atoms with Gasteiger partial charge in [-0.1, -0.05) is 223 Å². The summed E-state index contributed by atoms with van der Waals surface area (Å²) in [6, 6.07) is 43.6. The topological polar surface area (TPSA) is 242 Å². The quantitative estimate of drug-likeness (QED) is 0.109. The highest BCUT2D eigenvalue weighted by Crippen LogP contribution is 2.38. The third-order valence-electron chi connectivity index (χ3n) is 27.4. The molecule has 7 aliphatic heterocycles. The van der Waals surface area contributed by atoms with Crippen LogP contribution in [0.25, 0.3) is 0 Å². The smallest absolute Gasteiger partial charge is 0.228 e. The predicted octanol–water partition coefficient (Wildman–Crippen LogP) is 18.5. The third-order valence-corrected chi connectivity index (χ3v) is 27.8. The van der Waals surface area contributed by atoms with Crippen LogP contribution in [0.5, 0.6) is 23.0 Å². The van der Waals surface area contributed by atoms with E-state index in [4.69, 9.17) is 30.5 Å². The molecule has 0 spiro atoms. The highest BCUT2D eigenvalue weighted by atomic mass is 35.5. The average molecular weight is 2040 g/mol. The molecule has 7 heterocycles. The Morgan fingerprint density at radius 1 is 0.253 bits per heavy atom. The molecular weight excluding hydrogens is 1860 g/mol. The van der Waals surface area contributed by atoms with Crippen LogP contribution in [0.15, 0.2) is 127 Å². The molecular formula is C118H179ClN14O13. The first-order chi connectivity index (χ1) is 68.2. The van der Waals surface area contributed by atoms with Gasteiger partial charge in [0, 0.05) is 307 Å². The van der Waals surface area contributed by atoms with Crippen molar-refractivity contribution in [2.24, 2.45) is 37.9 Å². The van der Waals surface area contributed by atoms with Gasteiger partial charge in [0.15, 0.2) is 0 Å². The van der Waals surface area contributed by atoms with Gasteiger partial charge in [-0.2, -0.15) is 0 Å². The molecule has 806 valence electrons. The van der Waals surface area contributed by atoms with Crippen molar-refractivity contribution in [3.63, 3.8) is 0 Å². The Bertz CT molecular complexity index is 5330. The molecule has 27 nitrogen and oxygen atoms in total. The Morgan fingerprint density at radius 3 is 0.788 bits per heavy atom.